The Labute approximate surface area is 188 Å². The van der Waals surface area contributed by atoms with Crippen LogP contribution in [0.2, 0.25) is 5.02 Å². The van der Waals surface area contributed by atoms with Crippen LogP contribution in [0.25, 0.3) is 11.3 Å². The van der Waals surface area contributed by atoms with Crippen LogP contribution in [-0.4, -0.2) is 33.4 Å². The van der Waals surface area contributed by atoms with E-state index in [0.29, 0.717) is 52.2 Å². The molecule has 9 heteroatoms. The molecule has 1 fully saturated rings. The van der Waals surface area contributed by atoms with Gasteiger partial charge in [0.25, 0.3) is 5.91 Å². The summed E-state index contributed by atoms with van der Waals surface area (Å²) in [4.78, 5) is 33.0. The fraction of sp³-hybridized carbons (Fsp3) is 0.364. The van der Waals surface area contributed by atoms with Crippen molar-refractivity contribution in [3.63, 3.8) is 0 Å². The maximum atomic E-state index is 13.4. The number of carbonyl (C=O) groups excluding carboxylic acids is 2. The van der Waals surface area contributed by atoms with E-state index in [4.69, 9.17) is 16.1 Å². The van der Waals surface area contributed by atoms with Gasteiger partial charge in [0.1, 0.15) is 17.0 Å². The van der Waals surface area contributed by atoms with Gasteiger partial charge in [-0.25, -0.2) is 4.98 Å². The van der Waals surface area contributed by atoms with Gasteiger partial charge in [-0.05, 0) is 25.8 Å². The average molecular weight is 457 g/mol. The molecule has 0 unspecified atom stereocenters. The van der Waals surface area contributed by atoms with E-state index >= 15 is 0 Å². The Morgan fingerprint density at radius 1 is 1.29 bits per heavy atom. The van der Waals surface area contributed by atoms with Gasteiger partial charge in [0, 0.05) is 29.3 Å². The number of aromatic nitrogens is 2. The Morgan fingerprint density at radius 3 is 2.84 bits per heavy atom. The van der Waals surface area contributed by atoms with E-state index in [1.165, 1.54) is 11.3 Å². The molecular weight excluding hydrogens is 436 g/mol. The lowest BCUT2D eigenvalue weighted by Gasteiger charge is -2.26. The monoisotopic (exact) mass is 456 g/mol. The number of nitrogens with zero attached hydrogens (tertiary/aromatic N) is 3. The lowest BCUT2D eigenvalue weighted by atomic mass is 9.85. The third-order valence-electron chi connectivity index (χ3n) is 5.93. The Kier molecular flexibility index (Phi) is 5.27. The van der Waals surface area contributed by atoms with Gasteiger partial charge in [-0.3, -0.25) is 9.59 Å². The van der Waals surface area contributed by atoms with Crippen LogP contribution in [-0.2, 0) is 17.8 Å². The van der Waals surface area contributed by atoms with E-state index in [9.17, 15) is 9.59 Å². The van der Waals surface area contributed by atoms with Crippen LogP contribution in [0.1, 0.15) is 46.0 Å². The lowest BCUT2D eigenvalue weighted by molar-refractivity contribution is -0.122. The molecule has 1 saturated carbocycles. The summed E-state index contributed by atoms with van der Waals surface area (Å²) in [6.45, 7) is 2.71. The molecule has 0 atom stereocenters. The first kappa shape index (κ1) is 20.2. The van der Waals surface area contributed by atoms with Crippen molar-refractivity contribution in [2.75, 3.05) is 11.9 Å². The Balaban J connectivity index is 1.36. The second kappa shape index (κ2) is 8.09. The van der Waals surface area contributed by atoms with Crippen LogP contribution < -0.4 is 5.32 Å². The summed E-state index contributed by atoms with van der Waals surface area (Å²) >= 11 is 7.77. The van der Waals surface area contributed by atoms with Gasteiger partial charge in [-0.2, -0.15) is 0 Å². The molecule has 7 nitrogen and oxygen atoms in total. The number of rotatable bonds is 4. The SMILES string of the molecule is Cc1onc(-c2ccccc2Cl)c1C(=O)N1CCc2nc(NC(=O)C3CCC3)sc2C1. The number of nitrogens with one attached hydrogen (secondary N) is 1. The molecule has 3 heterocycles. The van der Waals surface area contributed by atoms with E-state index in [2.05, 4.69) is 15.5 Å². The van der Waals surface area contributed by atoms with Gasteiger partial charge in [-0.15, -0.1) is 0 Å². The Morgan fingerprint density at radius 2 is 2.10 bits per heavy atom. The van der Waals surface area contributed by atoms with E-state index in [-0.39, 0.29) is 17.7 Å². The lowest BCUT2D eigenvalue weighted by Crippen LogP contribution is -2.35. The third kappa shape index (κ3) is 3.74. The zero-order valence-electron chi connectivity index (χ0n) is 17.0. The minimum absolute atomic E-state index is 0.0507. The number of thiazole rings is 1. The molecule has 1 N–H and O–H groups in total. The second-order valence-electron chi connectivity index (χ2n) is 7.92. The highest BCUT2D eigenvalue weighted by atomic mass is 35.5. The first-order valence-electron chi connectivity index (χ1n) is 10.3. The summed E-state index contributed by atoms with van der Waals surface area (Å²) in [7, 11) is 0. The molecule has 1 aliphatic carbocycles. The van der Waals surface area contributed by atoms with E-state index in [1.807, 2.05) is 18.2 Å². The summed E-state index contributed by atoms with van der Waals surface area (Å²) in [6.07, 6.45) is 3.65. The van der Waals surface area contributed by atoms with Crippen molar-refractivity contribution in [1.82, 2.24) is 15.0 Å². The molecule has 3 aromatic rings. The van der Waals surface area contributed by atoms with Crippen LogP contribution >= 0.6 is 22.9 Å². The van der Waals surface area contributed by atoms with Gasteiger partial charge in [0.15, 0.2) is 5.13 Å². The molecular formula is C22H21ClN4O3S. The molecule has 31 heavy (non-hydrogen) atoms. The molecule has 2 amide bonds. The third-order valence-corrected chi connectivity index (χ3v) is 7.26. The summed E-state index contributed by atoms with van der Waals surface area (Å²) in [5, 5.41) is 8.19. The van der Waals surface area contributed by atoms with E-state index in [1.54, 1.807) is 17.9 Å². The number of fused-ring (bicyclic) bond motifs is 1. The molecule has 0 radical (unpaired) electrons. The van der Waals surface area contributed by atoms with Crippen LogP contribution in [0.5, 0.6) is 0 Å². The fourth-order valence-corrected chi connectivity index (χ4v) is 5.17. The largest absolute Gasteiger partial charge is 0.360 e. The number of anilines is 1. The van der Waals surface area contributed by atoms with Crippen molar-refractivity contribution in [2.45, 2.75) is 39.2 Å². The van der Waals surface area contributed by atoms with Crippen molar-refractivity contribution >= 4 is 39.9 Å². The molecule has 5 rings (SSSR count). The zero-order chi connectivity index (χ0) is 21.5. The fourth-order valence-electron chi connectivity index (χ4n) is 3.92. The minimum Gasteiger partial charge on any atom is -0.360 e. The van der Waals surface area contributed by atoms with E-state index < -0.39 is 0 Å². The van der Waals surface area contributed by atoms with Crippen molar-refractivity contribution in [3.05, 3.63) is 51.2 Å². The molecule has 1 aliphatic heterocycles. The molecule has 2 aromatic heterocycles. The predicted molar refractivity (Wildman–Crippen MR) is 118 cm³/mol. The van der Waals surface area contributed by atoms with Crippen LogP contribution in [0.15, 0.2) is 28.8 Å². The maximum absolute atomic E-state index is 13.4. The number of carbonyl (C=O) groups is 2. The molecule has 160 valence electrons. The van der Waals surface area contributed by atoms with Crippen molar-refractivity contribution in [3.8, 4) is 11.3 Å². The summed E-state index contributed by atoms with van der Waals surface area (Å²) in [6, 6.07) is 7.27. The standard InChI is InChI=1S/C22H21ClN4O3S/c1-12-18(19(26-30-12)14-7-2-3-8-15(14)23)21(29)27-10-9-16-17(11-27)31-22(24-16)25-20(28)13-5-4-6-13/h2-3,7-8,13H,4-6,9-11H2,1H3,(H,24,25,28). The molecule has 2 aliphatic rings. The van der Waals surface area contributed by atoms with Crippen molar-refractivity contribution in [2.24, 2.45) is 5.92 Å². The summed E-state index contributed by atoms with van der Waals surface area (Å²) in [5.41, 5.74) is 2.50. The highest BCUT2D eigenvalue weighted by Gasteiger charge is 2.31. The predicted octanol–water partition coefficient (Wildman–Crippen LogP) is 4.70. The van der Waals surface area contributed by atoms with Crippen molar-refractivity contribution < 1.29 is 14.1 Å². The van der Waals surface area contributed by atoms with Crippen LogP contribution in [0, 0.1) is 12.8 Å². The van der Waals surface area contributed by atoms with Gasteiger partial charge >= 0.3 is 0 Å². The summed E-state index contributed by atoms with van der Waals surface area (Å²) in [5.74, 6) is 0.477. The smallest absolute Gasteiger partial charge is 0.260 e. The molecule has 0 spiro atoms. The quantitative estimate of drug-likeness (QED) is 0.614. The molecule has 1 aromatic carbocycles. The maximum Gasteiger partial charge on any atom is 0.260 e. The van der Waals surface area contributed by atoms with Gasteiger partial charge < -0.3 is 14.7 Å². The average Bonchev–Trinajstić information content (AvgIpc) is 3.28. The Bertz CT molecular complexity index is 1170. The number of benzene rings is 1. The number of halogens is 1. The van der Waals surface area contributed by atoms with Gasteiger partial charge in [-0.1, -0.05) is 52.7 Å². The molecule has 0 bridgehead atoms. The second-order valence-corrected chi connectivity index (χ2v) is 9.42. The molecule has 0 saturated heterocycles. The van der Waals surface area contributed by atoms with Crippen LogP contribution in [0.4, 0.5) is 5.13 Å². The first-order chi connectivity index (χ1) is 15.0. The summed E-state index contributed by atoms with van der Waals surface area (Å²) < 4.78 is 5.36. The van der Waals surface area contributed by atoms with Gasteiger partial charge in [0.05, 0.1) is 17.3 Å². The highest BCUT2D eigenvalue weighted by Crippen LogP contribution is 2.35. The number of hydrogen-bond acceptors (Lipinski definition) is 6. The normalized spacial score (nSPS) is 16.0. The highest BCUT2D eigenvalue weighted by molar-refractivity contribution is 7.15. The number of aryl methyl sites for hydroxylation is 1. The number of amides is 2. The van der Waals surface area contributed by atoms with E-state index in [0.717, 1.165) is 29.8 Å². The van der Waals surface area contributed by atoms with Crippen LogP contribution in [0.3, 0.4) is 0 Å². The number of hydrogen-bond donors (Lipinski definition) is 1. The first-order valence-corrected chi connectivity index (χ1v) is 11.5. The zero-order valence-corrected chi connectivity index (χ0v) is 18.6. The van der Waals surface area contributed by atoms with Gasteiger partial charge in [0.2, 0.25) is 5.91 Å². The van der Waals surface area contributed by atoms with Crippen molar-refractivity contribution in [1.29, 1.82) is 0 Å². The Hall–Kier alpha value is -2.71. The topological polar surface area (TPSA) is 88.3 Å². The minimum atomic E-state index is -0.146.